The standard InChI is InChI=1S/C11H16F8O/c1-7(2,5-10(14,15)16)20-6-9(13,8(3,4)12)11(17,18)19/h5-6H2,1-4H3. The van der Waals surface area contributed by atoms with Crippen LogP contribution in [-0.4, -0.2) is 35.9 Å². The zero-order valence-corrected chi connectivity index (χ0v) is 11.3. The number of hydrogen-bond donors (Lipinski definition) is 0. The molecule has 0 rings (SSSR count). The fraction of sp³-hybridized carbons (Fsp3) is 1.00. The summed E-state index contributed by atoms with van der Waals surface area (Å²) >= 11 is 0. The van der Waals surface area contributed by atoms with Gasteiger partial charge in [0.1, 0.15) is 0 Å². The number of ether oxygens (including phenoxy) is 1. The third-order valence-electron chi connectivity index (χ3n) is 2.68. The van der Waals surface area contributed by atoms with Gasteiger partial charge in [-0.2, -0.15) is 26.3 Å². The van der Waals surface area contributed by atoms with Crippen molar-refractivity contribution >= 4 is 0 Å². The number of rotatable bonds is 5. The Bertz CT molecular complexity index is 309. The van der Waals surface area contributed by atoms with Crippen LogP contribution in [0.3, 0.4) is 0 Å². The molecule has 1 nitrogen and oxygen atoms in total. The molecule has 0 aromatic heterocycles. The Morgan fingerprint density at radius 3 is 1.40 bits per heavy atom. The van der Waals surface area contributed by atoms with Crippen molar-refractivity contribution in [2.24, 2.45) is 0 Å². The lowest BCUT2D eigenvalue weighted by Gasteiger charge is -2.38. The van der Waals surface area contributed by atoms with Gasteiger partial charge in [-0.15, -0.1) is 0 Å². The van der Waals surface area contributed by atoms with Crippen LogP contribution in [0.4, 0.5) is 35.1 Å². The summed E-state index contributed by atoms with van der Waals surface area (Å²) in [5.74, 6) is 0. The van der Waals surface area contributed by atoms with Crippen molar-refractivity contribution in [2.45, 2.75) is 63.4 Å². The molecule has 0 aliphatic heterocycles. The van der Waals surface area contributed by atoms with Crippen molar-refractivity contribution in [1.82, 2.24) is 0 Å². The molecule has 1 atom stereocenters. The first-order valence-corrected chi connectivity index (χ1v) is 5.57. The summed E-state index contributed by atoms with van der Waals surface area (Å²) in [7, 11) is 0. The summed E-state index contributed by atoms with van der Waals surface area (Å²) in [5.41, 5.74) is -9.87. The van der Waals surface area contributed by atoms with Crippen LogP contribution in [0.15, 0.2) is 0 Å². The van der Waals surface area contributed by atoms with E-state index in [1.807, 2.05) is 0 Å². The molecule has 0 radical (unpaired) electrons. The van der Waals surface area contributed by atoms with Crippen LogP contribution in [0.5, 0.6) is 0 Å². The van der Waals surface area contributed by atoms with Gasteiger partial charge in [0.05, 0.1) is 18.6 Å². The van der Waals surface area contributed by atoms with E-state index < -0.39 is 42.3 Å². The van der Waals surface area contributed by atoms with Gasteiger partial charge in [-0.3, -0.25) is 0 Å². The van der Waals surface area contributed by atoms with Crippen molar-refractivity contribution < 1.29 is 39.9 Å². The summed E-state index contributed by atoms with van der Waals surface area (Å²) < 4.78 is 106. The third-order valence-corrected chi connectivity index (χ3v) is 2.68. The first kappa shape index (κ1) is 19.4. The highest BCUT2D eigenvalue weighted by Gasteiger charge is 2.66. The van der Waals surface area contributed by atoms with Gasteiger partial charge < -0.3 is 4.74 Å². The molecule has 0 aliphatic carbocycles. The second-order valence-corrected chi connectivity index (χ2v) is 5.61. The normalized spacial score (nSPS) is 18.0. The van der Waals surface area contributed by atoms with E-state index >= 15 is 0 Å². The lowest BCUT2D eigenvalue weighted by atomic mass is 9.89. The molecule has 0 aliphatic rings. The Labute approximate surface area is 111 Å². The lowest BCUT2D eigenvalue weighted by Crippen LogP contribution is -2.58. The molecule has 0 bridgehead atoms. The predicted molar refractivity (Wildman–Crippen MR) is 55.8 cm³/mol. The average molecular weight is 316 g/mol. The molecule has 9 heteroatoms. The Kier molecular flexibility index (Phi) is 5.15. The summed E-state index contributed by atoms with van der Waals surface area (Å²) in [5, 5.41) is 0. The SMILES string of the molecule is CC(C)(CC(F)(F)F)OCC(F)(C(C)(C)F)C(F)(F)F. The van der Waals surface area contributed by atoms with Crippen molar-refractivity contribution in [3.8, 4) is 0 Å². The molecule has 0 spiro atoms. The van der Waals surface area contributed by atoms with Crippen LogP contribution < -0.4 is 0 Å². The van der Waals surface area contributed by atoms with E-state index in [2.05, 4.69) is 4.74 Å². The smallest absolute Gasteiger partial charge is 0.371 e. The fourth-order valence-electron chi connectivity index (χ4n) is 1.42. The summed E-state index contributed by atoms with van der Waals surface area (Å²) in [4.78, 5) is 0. The number of hydrogen-bond acceptors (Lipinski definition) is 1. The lowest BCUT2D eigenvalue weighted by molar-refractivity contribution is -0.292. The van der Waals surface area contributed by atoms with E-state index in [-0.39, 0.29) is 0 Å². The van der Waals surface area contributed by atoms with Crippen LogP contribution in [0.1, 0.15) is 34.1 Å². The van der Waals surface area contributed by atoms with Gasteiger partial charge in [-0.25, -0.2) is 8.78 Å². The van der Waals surface area contributed by atoms with Gasteiger partial charge in [-0.05, 0) is 27.7 Å². The zero-order chi connectivity index (χ0) is 16.6. The average Bonchev–Trinajstić information content (AvgIpc) is 2.06. The Morgan fingerprint density at radius 1 is 0.750 bits per heavy atom. The topological polar surface area (TPSA) is 9.23 Å². The molecule has 0 heterocycles. The highest BCUT2D eigenvalue weighted by Crippen LogP contribution is 2.45. The predicted octanol–water partition coefficient (Wildman–Crippen LogP) is 4.75. The minimum absolute atomic E-state index is 0.348. The maximum atomic E-state index is 13.9. The molecule has 0 saturated heterocycles. The zero-order valence-electron chi connectivity index (χ0n) is 11.3. The first-order valence-electron chi connectivity index (χ1n) is 5.57. The van der Waals surface area contributed by atoms with Crippen LogP contribution in [0, 0.1) is 0 Å². The maximum Gasteiger partial charge on any atom is 0.427 e. The molecule has 122 valence electrons. The molecular weight excluding hydrogens is 300 g/mol. The molecule has 0 N–H and O–H groups in total. The van der Waals surface area contributed by atoms with Crippen molar-refractivity contribution in [1.29, 1.82) is 0 Å². The van der Waals surface area contributed by atoms with Gasteiger partial charge in [0.2, 0.25) is 0 Å². The van der Waals surface area contributed by atoms with E-state index in [4.69, 9.17) is 0 Å². The Hall–Kier alpha value is -0.600. The minimum Gasteiger partial charge on any atom is -0.371 e. The molecule has 20 heavy (non-hydrogen) atoms. The van der Waals surface area contributed by atoms with Gasteiger partial charge in [0.25, 0.3) is 5.67 Å². The molecule has 0 saturated carbocycles. The third kappa shape index (κ3) is 5.06. The quantitative estimate of drug-likeness (QED) is 0.665. The Balaban J connectivity index is 5.08. The molecule has 1 unspecified atom stereocenters. The van der Waals surface area contributed by atoms with Crippen LogP contribution in [-0.2, 0) is 4.74 Å². The van der Waals surface area contributed by atoms with Crippen molar-refractivity contribution in [2.75, 3.05) is 6.61 Å². The molecule has 0 fully saturated rings. The van der Waals surface area contributed by atoms with Crippen LogP contribution in [0.2, 0.25) is 0 Å². The van der Waals surface area contributed by atoms with Crippen molar-refractivity contribution in [3.63, 3.8) is 0 Å². The molecule has 0 aromatic carbocycles. The minimum atomic E-state index is -5.61. The fourth-order valence-corrected chi connectivity index (χ4v) is 1.42. The van der Waals surface area contributed by atoms with E-state index in [0.717, 1.165) is 13.8 Å². The van der Waals surface area contributed by atoms with E-state index in [0.29, 0.717) is 13.8 Å². The van der Waals surface area contributed by atoms with Crippen LogP contribution >= 0.6 is 0 Å². The van der Waals surface area contributed by atoms with Crippen molar-refractivity contribution in [3.05, 3.63) is 0 Å². The molecule has 0 aromatic rings. The second-order valence-electron chi connectivity index (χ2n) is 5.61. The number of alkyl halides is 8. The van der Waals surface area contributed by atoms with E-state index in [1.54, 1.807) is 0 Å². The number of halogens is 8. The van der Waals surface area contributed by atoms with Gasteiger partial charge in [0.15, 0.2) is 5.67 Å². The van der Waals surface area contributed by atoms with E-state index in [9.17, 15) is 35.1 Å². The first-order chi connectivity index (χ1) is 8.41. The van der Waals surface area contributed by atoms with Crippen LogP contribution in [0.25, 0.3) is 0 Å². The van der Waals surface area contributed by atoms with Gasteiger partial charge in [0, 0.05) is 0 Å². The van der Waals surface area contributed by atoms with Gasteiger partial charge in [-0.1, -0.05) is 0 Å². The second kappa shape index (κ2) is 5.31. The van der Waals surface area contributed by atoms with E-state index in [1.165, 1.54) is 0 Å². The largest absolute Gasteiger partial charge is 0.427 e. The molecule has 0 amide bonds. The Morgan fingerprint density at radius 2 is 1.15 bits per heavy atom. The van der Waals surface area contributed by atoms with Gasteiger partial charge >= 0.3 is 12.4 Å². The summed E-state index contributed by atoms with van der Waals surface area (Å²) in [6.45, 7) is 0.537. The molecular formula is C11H16F8O. The summed E-state index contributed by atoms with van der Waals surface area (Å²) in [6, 6.07) is 0. The highest BCUT2D eigenvalue weighted by molar-refractivity contribution is 5.01. The maximum absolute atomic E-state index is 13.9. The monoisotopic (exact) mass is 316 g/mol. The summed E-state index contributed by atoms with van der Waals surface area (Å²) in [6.07, 6.45) is -11.9. The highest BCUT2D eigenvalue weighted by atomic mass is 19.4.